The minimum Gasteiger partial charge on any atom is -0.351 e. The highest BCUT2D eigenvalue weighted by molar-refractivity contribution is 5.98. The first kappa shape index (κ1) is 14.1. The van der Waals surface area contributed by atoms with Gasteiger partial charge in [-0.1, -0.05) is 26.0 Å². The van der Waals surface area contributed by atoms with Crippen molar-refractivity contribution in [1.29, 1.82) is 0 Å². The van der Waals surface area contributed by atoms with Crippen LogP contribution >= 0.6 is 0 Å². The molecule has 0 atom stereocenters. The number of para-hydroxylation sites is 1. The predicted octanol–water partition coefficient (Wildman–Crippen LogP) is 1.32. The molecule has 0 saturated carbocycles. The summed E-state index contributed by atoms with van der Waals surface area (Å²) in [6.07, 6.45) is 0. The third-order valence-electron chi connectivity index (χ3n) is 2.31. The van der Waals surface area contributed by atoms with Crippen LogP contribution in [-0.4, -0.2) is 30.0 Å². The second-order valence-corrected chi connectivity index (χ2v) is 4.14. The number of nitrogens with one attached hydrogen (secondary N) is 2. The highest BCUT2D eigenvalue weighted by Crippen LogP contribution is 2.16. The number of carbonyl (C=O) groups is 1. The lowest BCUT2D eigenvalue weighted by molar-refractivity contribution is -0.385. The molecule has 0 aliphatic carbocycles. The van der Waals surface area contributed by atoms with Crippen molar-refractivity contribution in [2.24, 2.45) is 0 Å². The lowest BCUT2D eigenvalue weighted by atomic mass is 10.1. The van der Waals surface area contributed by atoms with Gasteiger partial charge in [0.25, 0.3) is 11.6 Å². The maximum atomic E-state index is 11.8. The van der Waals surface area contributed by atoms with Crippen molar-refractivity contribution in [3.8, 4) is 0 Å². The van der Waals surface area contributed by atoms with E-state index in [2.05, 4.69) is 10.6 Å². The third-order valence-corrected chi connectivity index (χ3v) is 2.31. The van der Waals surface area contributed by atoms with Crippen LogP contribution in [-0.2, 0) is 0 Å². The Morgan fingerprint density at radius 2 is 2.00 bits per heavy atom. The average molecular weight is 251 g/mol. The molecule has 0 fully saturated rings. The maximum absolute atomic E-state index is 11.8. The Morgan fingerprint density at radius 1 is 1.33 bits per heavy atom. The van der Waals surface area contributed by atoms with E-state index in [9.17, 15) is 14.9 Å². The molecule has 0 heterocycles. The van der Waals surface area contributed by atoms with E-state index in [1.54, 1.807) is 6.07 Å². The van der Waals surface area contributed by atoms with Crippen molar-refractivity contribution in [3.63, 3.8) is 0 Å². The van der Waals surface area contributed by atoms with Crippen LogP contribution in [0.5, 0.6) is 0 Å². The molecule has 98 valence electrons. The van der Waals surface area contributed by atoms with E-state index in [4.69, 9.17) is 0 Å². The van der Waals surface area contributed by atoms with Gasteiger partial charge in [0.05, 0.1) is 4.92 Å². The molecule has 6 nitrogen and oxygen atoms in total. The highest BCUT2D eigenvalue weighted by atomic mass is 16.6. The van der Waals surface area contributed by atoms with Crippen molar-refractivity contribution in [3.05, 3.63) is 39.9 Å². The minimum absolute atomic E-state index is 0.0899. The lowest BCUT2D eigenvalue weighted by Crippen LogP contribution is -2.34. The zero-order valence-electron chi connectivity index (χ0n) is 10.5. The summed E-state index contributed by atoms with van der Waals surface area (Å²) >= 11 is 0. The molecule has 1 aromatic carbocycles. The quantitative estimate of drug-likeness (QED) is 0.453. The summed E-state index contributed by atoms with van der Waals surface area (Å²) < 4.78 is 0. The Kier molecular flexibility index (Phi) is 5.26. The molecule has 6 heteroatoms. The van der Waals surface area contributed by atoms with E-state index in [1.165, 1.54) is 18.2 Å². The van der Waals surface area contributed by atoms with Gasteiger partial charge in [-0.15, -0.1) is 0 Å². The number of carbonyl (C=O) groups excluding carboxylic acids is 1. The average Bonchev–Trinajstić information content (AvgIpc) is 2.34. The largest absolute Gasteiger partial charge is 0.351 e. The number of nitro groups is 1. The topological polar surface area (TPSA) is 84.3 Å². The molecule has 1 aromatic rings. The van der Waals surface area contributed by atoms with Gasteiger partial charge >= 0.3 is 0 Å². The summed E-state index contributed by atoms with van der Waals surface area (Å²) in [5.41, 5.74) is -0.0844. The Labute approximate surface area is 106 Å². The van der Waals surface area contributed by atoms with Crippen molar-refractivity contribution in [2.75, 3.05) is 13.1 Å². The molecule has 0 radical (unpaired) electrons. The molecule has 0 unspecified atom stereocenters. The first-order chi connectivity index (χ1) is 8.52. The summed E-state index contributed by atoms with van der Waals surface area (Å²) in [6.45, 7) is 5.07. The van der Waals surface area contributed by atoms with Crippen molar-refractivity contribution < 1.29 is 9.72 Å². The maximum Gasteiger partial charge on any atom is 0.282 e. The molecular weight excluding hydrogens is 234 g/mol. The smallest absolute Gasteiger partial charge is 0.282 e. The van der Waals surface area contributed by atoms with Gasteiger partial charge in [-0.2, -0.15) is 0 Å². The van der Waals surface area contributed by atoms with Crippen LogP contribution in [0, 0.1) is 10.1 Å². The molecule has 0 aromatic heterocycles. The number of rotatable bonds is 6. The predicted molar refractivity (Wildman–Crippen MR) is 68.6 cm³/mol. The summed E-state index contributed by atoms with van der Waals surface area (Å²) in [5, 5.41) is 16.5. The van der Waals surface area contributed by atoms with Gasteiger partial charge < -0.3 is 10.6 Å². The van der Waals surface area contributed by atoms with Crippen molar-refractivity contribution in [1.82, 2.24) is 10.6 Å². The minimum atomic E-state index is -0.554. The SMILES string of the molecule is CC(C)NCCNC(=O)c1ccccc1[N+](=O)[O-]. The van der Waals surface area contributed by atoms with Gasteiger partial charge in [-0.25, -0.2) is 0 Å². The first-order valence-corrected chi connectivity index (χ1v) is 5.77. The van der Waals surface area contributed by atoms with Crippen molar-refractivity contribution in [2.45, 2.75) is 19.9 Å². The monoisotopic (exact) mass is 251 g/mol. The van der Waals surface area contributed by atoms with Crippen LogP contribution in [0.2, 0.25) is 0 Å². The first-order valence-electron chi connectivity index (χ1n) is 5.77. The van der Waals surface area contributed by atoms with Gasteiger partial charge in [-0.05, 0) is 6.07 Å². The fourth-order valence-electron chi connectivity index (χ4n) is 1.46. The second kappa shape index (κ2) is 6.70. The molecule has 0 bridgehead atoms. The van der Waals surface area contributed by atoms with Crippen LogP contribution < -0.4 is 10.6 Å². The van der Waals surface area contributed by atoms with Crippen LogP contribution in [0.25, 0.3) is 0 Å². The standard InChI is InChI=1S/C12H17N3O3/c1-9(2)13-7-8-14-12(16)10-5-3-4-6-11(10)15(17)18/h3-6,9,13H,7-8H2,1-2H3,(H,14,16). The van der Waals surface area contributed by atoms with E-state index >= 15 is 0 Å². The van der Waals surface area contributed by atoms with Crippen LogP contribution in [0.1, 0.15) is 24.2 Å². The molecule has 2 N–H and O–H groups in total. The molecule has 1 amide bonds. The number of amides is 1. The lowest BCUT2D eigenvalue weighted by Gasteiger charge is -2.09. The van der Waals surface area contributed by atoms with E-state index in [-0.39, 0.29) is 11.3 Å². The zero-order chi connectivity index (χ0) is 13.5. The number of hydrogen-bond donors (Lipinski definition) is 2. The number of nitrogens with zero attached hydrogens (tertiary/aromatic N) is 1. The molecule has 0 spiro atoms. The van der Waals surface area contributed by atoms with Gasteiger partial charge in [0.2, 0.25) is 0 Å². The zero-order valence-corrected chi connectivity index (χ0v) is 10.5. The van der Waals surface area contributed by atoms with E-state index in [0.717, 1.165) is 0 Å². The third kappa shape index (κ3) is 4.14. The number of hydrogen-bond acceptors (Lipinski definition) is 4. The van der Waals surface area contributed by atoms with Gasteiger partial charge in [0.15, 0.2) is 0 Å². The second-order valence-electron chi connectivity index (χ2n) is 4.14. The van der Waals surface area contributed by atoms with E-state index in [0.29, 0.717) is 19.1 Å². The Bertz CT molecular complexity index is 432. The molecule has 0 aliphatic rings. The normalized spacial score (nSPS) is 10.4. The van der Waals surface area contributed by atoms with Crippen LogP contribution in [0.4, 0.5) is 5.69 Å². The summed E-state index contributed by atoms with van der Waals surface area (Å²) in [5.74, 6) is -0.423. The summed E-state index contributed by atoms with van der Waals surface area (Å²) in [7, 11) is 0. The number of benzene rings is 1. The van der Waals surface area contributed by atoms with Crippen LogP contribution in [0.15, 0.2) is 24.3 Å². The Balaban J connectivity index is 2.59. The highest BCUT2D eigenvalue weighted by Gasteiger charge is 2.18. The van der Waals surface area contributed by atoms with Gasteiger partial charge in [-0.3, -0.25) is 14.9 Å². The fraction of sp³-hybridized carbons (Fsp3) is 0.417. The van der Waals surface area contributed by atoms with Gasteiger partial charge in [0.1, 0.15) is 5.56 Å². The Hall–Kier alpha value is -1.95. The van der Waals surface area contributed by atoms with Crippen LogP contribution in [0.3, 0.4) is 0 Å². The molecular formula is C12H17N3O3. The van der Waals surface area contributed by atoms with Gasteiger partial charge in [0, 0.05) is 25.2 Å². The molecule has 1 rings (SSSR count). The van der Waals surface area contributed by atoms with E-state index in [1.807, 2.05) is 13.8 Å². The Morgan fingerprint density at radius 3 is 2.61 bits per heavy atom. The molecule has 18 heavy (non-hydrogen) atoms. The fourth-order valence-corrected chi connectivity index (χ4v) is 1.46. The molecule has 0 aliphatic heterocycles. The van der Waals surface area contributed by atoms with Crippen molar-refractivity contribution >= 4 is 11.6 Å². The van der Waals surface area contributed by atoms with E-state index < -0.39 is 10.8 Å². The molecule has 0 saturated heterocycles. The summed E-state index contributed by atoms with van der Waals surface area (Å²) in [6, 6.07) is 6.25. The number of nitro benzene ring substituents is 1. The summed E-state index contributed by atoms with van der Waals surface area (Å²) in [4.78, 5) is 22.0.